The summed E-state index contributed by atoms with van der Waals surface area (Å²) in [4.78, 5) is 18.4. The Morgan fingerprint density at radius 3 is 2.53 bits per heavy atom. The van der Waals surface area contributed by atoms with E-state index in [2.05, 4.69) is 64.9 Å². The SMILES string of the molecule is CCOc1ccc([C@H]2C3=C(C[C@@H](c4ccccc4)CC3=O)Nc3ccc4ncccc4c32)cc1. The Morgan fingerprint density at radius 2 is 1.74 bits per heavy atom. The summed E-state index contributed by atoms with van der Waals surface area (Å²) >= 11 is 0. The van der Waals surface area contributed by atoms with Crippen molar-refractivity contribution < 1.29 is 9.53 Å². The van der Waals surface area contributed by atoms with Crippen molar-refractivity contribution in [3.63, 3.8) is 0 Å². The molecule has 0 amide bonds. The molecule has 0 spiro atoms. The first kappa shape index (κ1) is 20.7. The normalized spacial score (nSPS) is 19.4. The lowest BCUT2D eigenvalue weighted by molar-refractivity contribution is -0.116. The highest BCUT2D eigenvalue weighted by atomic mass is 16.5. The molecule has 0 fully saturated rings. The topological polar surface area (TPSA) is 51.2 Å². The van der Waals surface area contributed by atoms with Crippen molar-refractivity contribution >= 4 is 22.4 Å². The Labute approximate surface area is 199 Å². The van der Waals surface area contributed by atoms with Crippen molar-refractivity contribution in [3.8, 4) is 5.75 Å². The number of rotatable bonds is 4. The number of benzene rings is 3. The molecular weight excluding hydrogens is 420 g/mol. The molecule has 4 aromatic rings. The van der Waals surface area contributed by atoms with Gasteiger partial charge in [0.25, 0.3) is 0 Å². The minimum Gasteiger partial charge on any atom is -0.494 e. The van der Waals surface area contributed by atoms with Gasteiger partial charge in [-0.25, -0.2) is 0 Å². The molecule has 1 aliphatic heterocycles. The maximum Gasteiger partial charge on any atom is 0.162 e. The van der Waals surface area contributed by atoms with Crippen molar-refractivity contribution in [2.24, 2.45) is 0 Å². The number of fused-ring (bicyclic) bond motifs is 3. The summed E-state index contributed by atoms with van der Waals surface area (Å²) in [6.45, 7) is 2.61. The minimum absolute atomic E-state index is 0.140. The van der Waals surface area contributed by atoms with Gasteiger partial charge in [-0.3, -0.25) is 9.78 Å². The molecule has 0 saturated heterocycles. The molecule has 1 N–H and O–H groups in total. The highest BCUT2D eigenvalue weighted by molar-refractivity contribution is 6.04. The van der Waals surface area contributed by atoms with Crippen LogP contribution in [0.25, 0.3) is 10.9 Å². The van der Waals surface area contributed by atoms with Gasteiger partial charge >= 0.3 is 0 Å². The summed E-state index contributed by atoms with van der Waals surface area (Å²) in [5.74, 6) is 1.10. The third-order valence-corrected chi connectivity index (χ3v) is 6.99. The van der Waals surface area contributed by atoms with Gasteiger partial charge in [0.2, 0.25) is 0 Å². The molecule has 2 aliphatic rings. The number of Topliss-reactive ketones (excluding diaryl/α,β-unsaturated/α-hetero) is 1. The van der Waals surface area contributed by atoms with E-state index in [1.807, 2.05) is 37.4 Å². The van der Waals surface area contributed by atoms with Crippen LogP contribution in [0, 0.1) is 0 Å². The van der Waals surface area contributed by atoms with Gasteiger partial charge in [-0.2, -0.15) is 0 Å². The fourth-order valence-corrected chi connectivity index (χ4v) is 5.50. The number of hydrogen-bond acceptors (Lipinski definition) is 4. The third-order valence-electron chi connectivity index (χ3n) is 6.99. The van der Waals surface area contributed by atoms with Crippen LogP contribution in [0.1, 0.15) is 48.3 Å². The van der Waals surface area contributed by atoms with Gasteiger partial charge in [-0.1, -0.05) is 48.5 Å². The molecule has 2 atom stereocenters. The Hall–Kier alpha value is -3.92. The lowest BCUT2D eigenvalue weighted by Crippen LogP contribution is -2.30. The van der Waals surface area contributed by atoms with Crippen LogP contribution in [0.5, 0.6) is 5.75 Å². The average Bonchev–Trinajstić information content (AvgIpc) is 2.88. The van der Waals surface area contributed by atoms with Gasteiger partial charge < -0.3 is 10.1 Å². The van der Waals surface area contributed by atoms with Crippen LogP contribution < -0.4 is 10.1 Å². The molecule has 3 aromatic carbocycles. The van der Waals surface area contributed by atoms with Gasteiger partial charge in [0.1, 0.15) is 5.75 Å². The van der Waals surface area contributed by atoms with E-state index >= 15 is 0 Å². The molecule has 0 radical (unpaired) electrons. The smallest absolute Gasteiger partial charge is 0.162 e. The van der Waals surface area contributed by atoms with E-state index in [-0.39, 0.29) is 17.6 Å². The van der Waals surface area contributed by atoms with Crippen LogP contribution in [-0.2, 0) is 4.79 Å². The average molecular weight is 447 g/mol. The van der Waals surface area contributed by atoms with Crippen LogP contribution in [0.3, 0.4) is 0 Å². The first-order chi connectivity index (χ1) is 16.7. The summed E-state index contributed by atoms with van der Waals surface area (Å²) in [6.07, 6.45) is 3.16. The van der Waals surface area contributed by atoms with Crippen LogP contribution in [0.2, 0.25) is 0 Å². The van der Waals surface area contributed by atoms with Crippen LogP contribution in [0.15, 0.2) is 96.3 Å². The predicted molar refractivity (Wildman–Crippen MR) is 135 cm³/mol. The molecule has 0 unspecified atom stereocenters. The molecule has 4 nitrogen and oxygen atoms in total. The van der Waals surface area contributed by atoms with Gasteiger partial charge in [-0.05, 0) is 66.3 Å². The fourth-order valence-electron chi connectivity index (χ4n) is 5.50. The number of ketones is 1. The first-order valence-corrected chi connectivity index (χ1v) is 11.9. The zero-order valence-electron chi connectivity index (χ0n) is 19.1. The molecule has 1 aromatic heterocycles. The van der Waals surface area contributed by atoms with E-state index in [0.717, 1.165) is 51.2 Å². The summed E-state index contributed by atoms with van der Waals surface area (Å²) in [5, 5.41) is 4.74. The molecule has 4 heteroatoms. The number of hydrogen-bond donors (Lipinski definition) is 1. The number of pyridine rings is 1. The lowest BCUT2D eigenvalue weighted by Gasteiger charge is -2.37. The number of carbonyl (C=O) groups excluding carboxylic acids is 1. The zero-order chi connectivity index (χ0) is 23.1. The Kier molecular flexibility index (Phi) is 5.14. The number of nitrogens with zero attached hydrogens (tertiary/aromatic N) is 1. The first-order valence-electron chi connectivity index (χ1n) is 11.9. The minimum atomic E-state index is -0.140. The van der Waals surface area contributed by atoms with E-state index in [4.69, 9.17) is 4.74 Å². The van der Waals surface area contributed by atoms with Crippen molar-refractivity contribution in [1.82, 2.24) is 4.98 Å². The Bertz CT molecular complexity index is 1410. The predicted octanol–water partition coefficient (Wildman–Crippen LogP) is 6.59. The van der Waals surface area contributed by atoms with E-state index in [9.17, 15) is 4.79 Å². The van der Waals surface area contributed by atoms with Gasteiger partial charge in [0.05, 0.1) is 12.1 Å². The second-order valence-electron chi connectivity index (χ2n) is 8.99. The summed E-state index contributed by atoms with van der Waals surface area (Å²) in [7, 11) is 0. The van der Waals surface area contributed by atoms with E-state index in [1.165, 1.54) is 5.56 Å². The van der Waals surface area contributed by atoms with Gasteiger partial charge in [-0.15, -0.1) is 0 Å². The summed E-state index contributed by atoms with van der Waals surface area (Å²) < 4.78 is 5.68. The molecule has 6 rings (SSSR count). The highest BCUT2D eigenvalue weighted by Gasteiger charge is 2.39. The molecule has 0 bridgehead atoms. The number of nitrogens with one attached hydrogen (secondary N) is 1. The number of aromatic nitrogens is 1. The van der Waals surface area contributed by atoms with Crippen molar-refractivity contribution in [3.05, 3.63) is 113 Å². The van der Waals surface area contributed by atoms with E-state index < -0.39 is 0 Å². The lowest BCUT2D eigenvalue weighted by atomic mass is 9.71. The van der Waals surface area contributed by atoms with Crippen LogP contribution in [-0.4, -0.2) is 17.4 Å². The largest absolute Gasteiger partial charge is 0.494 e. The second kappa shape index (κ2) is 8.45. The molecule has 0 saturated carbocycles. The zero-order valence-corrected chi connectivity index (χ0v) is 19.1. The number of ether oxygens (including phenoxy) is 1. The quantitative estimate of drug-likeness (QED) is 0.384. The van der Waals surface area contributed by atoms with E-state index in [1.54, 1.807) is 0 Å². The van der Waals surface area contributed by atoms with E-state index in [0.29, 0.717) is 13.0 Å². The number of carbonyl (C=O) groups is 1. The maximum absolute atomic E-state index is 13.8. The Morgan fingerprint density at radius 1 is 0.912 bits per heavy atom. The summed E-state index contributed by atoms with van der Waals surface area (Å²) in [6, 6.07) is 26.8. The number of allylic oxidation sites excluding steroid dienone is 2. The second-order valence-corrected chi connectivity index (χ2v) is 8.99. The van der Waals surface area contributed by atoms with Crippen LogP contribution >= 0.6 is 0 Å². The molecule has 2 heterocycles. The van der Waals surface area contributed by atoms with Crippen LogP contribution in [0.4, 0.5) is 5.69 Å². The Balaban J connectivity index is 1.52. The van der Waals surface area contributed by atoms with Crippen molar-refractivity contribution in [2.45, 2.75) is 31.6 Å². The molecule has 168 valence electrons. The molecule has 34 heavy (non-hydrogen) atoms. The van der Waals surface area contributed by atoms with Crippen molar-refractivity contribution in [1.29, 1.82) is 0 Å². The standard InChI is InChI=1S/C30H26N2O2/c1-2-34-22-12-10-20(11-13-22)28-29-23-9-6-16-31-24(23)14-15-25(29)32-26-17-21(18-27(33)30(26)28)19-7-4-3-5-8-19/h3-16,21,28,32H,2,17-18H2,1H3/t21-,28-/m1/s1. The maximum atomic E-state index is 13.8. The fraction of sp³-hybridized carbons (Fsp3) is 0.200. The highest BCUT2D eigenvalue weighted by Crippen LogP contribution is 2.50. The van der Waals surface area contributed by atoms with Gasteiger partial charge in [0.15, 0.2) is 5.78 Å². The summed E-state index contributed by atoms with van der Waals surface area (Å²) in [5.41, 5.74) is 7.37. The van der Waals surface area contributed by atoms with Gasteiger partial charge in [0, 0.05) is 40.9 Å². The molecular formula is C30H26N2O2. The van der Waals surface area contributed by atoms with Crippen molar-refractivity contribution in [2.75, 3.05) is 11.9 Å². The molecule has 1 aliphatic carbocycles. The third kappa shape index (κ3) is 3.47. The monoisotopic (exact) mass is 446 g/mol. The number of anilines is 1.